The fourth-order valence-corrected chi connectivity index (χ4v) is 6.72. The zero-order valence-electron chi connectivity index (χ0n) is 22.6. The molecule has 0 saturated heterocycles. The van der Waals surface area contributed by atoms with E-state index in [2.05, 4.69) is 37.3 Å². The lowest BCUT2D eigenvalue weighted by atomic mass is 9.68. The maximum absolute atomic E-state index is 8.52. The van der Waals surface area contributed by atoms with Crippen LogP contribution in [0.25, 0.3) is 0 Å². The van der Waals surface area contributed by atoms with Gasteiger partial charge < -0.3 is 0 Å². The van der Waals surface area contributed by atoms with Gasteiger partial charge in [0.15, 0.2) is 0 Å². The third-order valence-electron chi connectivity index (χ3n) is 9.03. The zero-order chi connectivity index (χ0) is 24.6. The lowest BCUT2D eigenvalue weighted by Gasteiger charge is -2.38. The lowest BCUT2D eigenvalue weighted by Crippen LogP contribution is -2.25. The van der Waals surface area contributed by atoms with Crippen LogP contribution in [0.5, 0.6) is 0 Å². The largest absolute Gasteiger partial charge is 0.193 e. The Morgan fingerprint density at radius 1 is 0.714 bits per heavy atom. The summed E-state index contributed by atoms with van der Waals surface area (Å²) in [5, 5.41) is 8.52. The number of nitrogens with zero attached hydrogens (tertiary/aromatic N) is 1. The number of benzene rings is 1. The van der Waals surface area contributed by atoms with Gasteiger partial charge in [-0.2, -0.15) is 5.26 Å². The van der Waals surface area contributed by atoms with Crippen LogP contribution in [0.2, 0.25) is 0 Å². The van der Waals surface area contributed by atoms with E-state index in [4.69, 9.17) is 5.26 Å². The zero-order valence-corrected chi connectivity index (χ0v) is 22.6. The van der Waals surface area contributed by atoms with E-state index in [0.717, 1.165) is 23.7 Å². The molecule has 0 N–H and O–H groups in total. The molecule has 1 aromatic carbocycles. The molecule has 0 aliphatic heterocycles. The summed E-state index contributed by atoms with van der Waals surface area (Å²) in [5.74, 6) is 3.99. The molecule has 2 aliphatic rings. The van der Waals surface area contributed by atoms with Gasteiger partial charge in [-0.15, -0.1) is 0 Å². The fraction of sp³-hybridized carbons (Fsp3) is 0.676. The summed E-state index contributed by atoms with van der Waals surface area (Å²) in [5.41, 5.74) is 3.06. The predicted molar refractivity (Wildman–Crippen MR) is 151 cm³/mol. The van der Waals surface area contributed by atoms with Crippen LogP contribution in [0.1, 0.15) is 121 Å². The Morgan fingerprint density at radius 3 is 1.80 bits per heavy atom. The molecule has 2 fully saturated rings. The van der Waals surface area contributed by atoms with E-state index in [1.165, 1.54) is 127 Å². The van der Waals surface area contributed by atoms with Crippen molar-refractivity contribution in [3.05, 3.63) is 59.7 Å². The number of nitriles is 1. The van der Waals surface area contributed by atoms with E-state index < -0.39 is 0 Å². The van der Waals surface area contributed by atoms with Crippen LogP contribution in [-0.4, -0.2) is 0 Å². The molecule has 1 aromatic rings. The second-order valence-electron chi connectivity index (χ2n) is 11.6. The normalized spacial score (nSPS) is 25.3. The van der Waals surface area contributed by atoms with E-state index in [-0.39, 0.29) is 0 Å². The van der Waals surface area contributed by atoms with Crippen molar-refractivity contribution in [2.24, 2.45) is 23.7 Å². The monoisotopic (exact) mass is 473 g/mol. The molecule has 0 radical (unpaired) electrons. The van der Waals surface area contributed by atoms with E-state index in [9.17, 15) is 0 Å². The molecule has 0 heterocycles. The maximum atomic E-state index is 8.52. The van der Waals surface area contributed by atoms with Gasteiger partial charge in [-0.25, -0.2) is 0 Å². The maximum Gasteiger partial charge on any atom is 0.0912 e. The highest BCUT2D eigenvalue weighted by atomic mass is 14.4. The van der Waals surface area contributed by atoms with Gasteiger partial charge in [0.2, 0.25) is 0 Å². The molecule has 0 spiro atoms. The predicted octanol–water partition coefficient (Wildman–Crippen LogP) is 10.2. The smallest absolute Gasteiger partial charge is 0.0912 e. The average Bonchev–Trinajstić information content (AvgIpc) is 2.90. The van der Waals surface area contributed by atoms with Gasteiger partial charge in [0.25, 0.3) is 0 Å². The Balaban J connectivity index is 1.22. The van der Waals surface area contributed by atoms with Crippen LogP contribution in [0.3, 0.4) is 0 Å². The van der Waals surface area contributed by atoms with Gasteiger partial charge in [0, 0.05) is 6.08 Å². The number of aryl methyl sites for hydroxylation is 2. The van der Waals surface area contributed by atoms with Crippen LogP contribution < -0.4 is 0 Å². The van der Waals surface area contributed by atoms with E-state index in [1.807, 2.05) is 18.2 Å². The van der Waals surface area contributed by atoms with E-state index >= 15 is 0 Å². The topological polar surface area (TPSA) is 23.8 Å². The van der Waals surface area contributed by atoms with Crippen molar-refractivity contribution < 1.29 is 0 Å². The van der Waals surface area contributed by atoms with Gasteiger partial charge in [0.1, 0.15) is 0 Å². The van der Waals surface area contributed by atoms with Crippen LogP contribution in [0.4, 0.5) is 0 Å². The molecule has 2 aliphatic carbocycles. The quantitative estimate of drug-likeness (QED) is 0.150. The third kappa shape index (κ3) is 10.8. The molecular formula is C34H51N. The molecule has 2 saturated carbocycles. The molecule has 0 unspecified atom stereocenters. The average molecular weight is 474 g/mol. The van der Waals surface area contributed by atoms with Gasteiger partial charge in [-0.3, -0.25) is 0 Å². The summed E-state index contributed by atoms with van der Waals surface area (Å²) in [7, 11) is 0. The number of hydrogen-bond acceptors (Lipinski definition) is 1. The van der Waals surface area contributed by atoms with Gasteiger partial charge in [0.05, 0.1) is 6.07 Å². The Kier molecular flexibility index (Phi) is 13.3. The summed E-state index contributed by atoms with van der Waals surface area (Å²) in [4.78, 5) is 0. The molecule has 0 aromatic heterocycles. The Bertz CT molecular complexity index is 764. The summed E-state index contributed by atoms with van der Waals surface area (Å²) in [6.45, 7) is 2.28. The van der Waals surface area contributed by atoms with Crippen LogP contribution in [-0.2, 0) is 12.8 Å². The minimum Gasteiger partial charge on any atom is -0.193 e. The summed E-state index contributed by atoms with van der Waals surface area (Å²) in [6, 6.07) is 11.5. The lowest BCUT2D eigenvalue weighted by molar-refractivity contribution is 0.140. The molecule has 3 rings (SSSR count). The Labute approximate surface area is 217 Å². The summed E-state index contributed by atoms with van der Waals surface area (Å²) < 4.78 is 0. The minimum absolute atomic E-state index is 0.935. The summed E-state index contributed by atoms with van der Waals surface area (Å²) >= 11 is 0. The van der Waals surface area contributed by atoms with Crippen LogP contribution >= 0.6 is 0 Å². The first-order valence-electron chi connectivity index (χ1n) is 15.1. The second kappa shape index (κ2) is 16.8. The number of hydrogen-bond donors (Lipinski definition) is 0. The Morgan fingerprint density at radius 2 is 1.26 bits per heavy atom. The van der Waals surface area contributed by atoms with Crippen LogP contribution in [0, 0.1) is 35.0 Å². The fourth-order valence-electron chi connectivity index (χ4n) is 6.72. The minimum atomic E-state index is 0.935. The number of unbranched alkanes of at least 4 members (excludes halogenated alkanes) is 3. The molecule has 35 heavy (non-hydrogen) atoms. The van der Waals surface area contributed by atoms with E-state index in [1.54, 1.807) is 6.08 Å². The van der Waals surface area contributed by atoms with Crippen molar-refractivity contribution in [1.29, 1.82) is 5.26 Å². The van der Waals surface area contributed by atoms with Crippen molar-refractivity contribution in [1.82, 2.24) is 0 Å². The highest BCUT2D eigenvalue weighted by molar-refractivity contribution is 5.22. The van der Waals surface area contributed by atoms with E-state index in [0.29, 0.717) is 0 Å². The van der Waals surface area contributed by atoms with Crippen molar-refractivity contribution in [3.8, 4) is 6.07 Å². The molecule has 1 heteroatoms. The number of rotatable bonds is 14. The third-order valence-corrected chi connectivity index (χ3v) is 9.03. The Hall–Kier alpha value is -1.81. The SMILES string of the molecule is CCCCCc1ccc(CCCC[C@H]2CC[C@H]([C@H]3CC[C@H](CCC=CC=CC#N)CC3)CC2)cc1. The molecule has 192 valence electrons. The van der Waals surface area contributed by atoms with Gasteiger partial charge >= 0.3 is 0 Å². The van der Waals surface area contributed by atoms with Crippen molar-refractivity contribution in [2.75, 3.05) is 0 Å². The first kappa shape index (κ1) is 27.8. The van der Waals surface area contributed by atoms with Crippen molar-refractivity contribution in [3.63, 3.8) is 0 Å². The highest BCUT2D eigenvalue weighted by Crippen LogP contribution is 2.43. The first-order chi connectivity index (χ1) is 17.3. The molecular weight excluding hydrogens is 422 g/mol. The standard InChI is InChI=1S/C34H51N/c1-2-3-7-12-29-16-18-30(19-17-29)14-9-10-15-32-22-26-34(27-23-32)33-24-20-31(21-25-33)13-8-5-4-6-11-28-35/h4-6,11,16-19,31-34H,2-3,7-10,12-15,20-27H2,1H3/t31-,32-,33-,34-. The van der Waals surface area contributed by atoms with Crippen molar-refractivity contribution in [2.45, 2.75) is 122 Å². The van der Waals surface area contributed by atoms with Crippen LogP contribution in [0.15, 0.2) is 48.6 Å². The number of allylic oxidation sites excluding steroid dienone is 4. The highest BCUT2D eigenvalue weighted by Gasteiger charge is 2.30. The molecule has 0 bridgehead atoms. The van der Waals surface area contributed by atoms with Crippen molar-refractivity contribution >= 4 is 0 Å². The molecule has 0 atom stereocenters. The first-order valence-corrected chi connectivity index (χ1v) is 15.1. The molecule has 0 amide bonds. The molecule has 1 nitrogen and oxygen atoms in total. The van der Waals surface area contributed by atoms with Gasteiger partial charge in [-0.05, 0) is 99.0 Å². The van der Waals surface area contributed by atoms with Gasteiger partial charge in [-0.1, -0.05) is 101 Å². The summed E-state index contributed by atoms with van der Waals surface area (Å²) in [6.07, 6.45) is 32.8. The second-order valence-corrected chi connectivity index (χ2v) is 11.6.